The number of carboxylic acid groups (broad SMARTS) is 1. The Hall–Kier alpha value is -1.69. The van der Waals surface area contributed by atoms with Gasteiger partial charge in [0.1, 0.15) is 6.61 Å². The second kappa shape index (κ2) is 12.0. The van der Waals surface area contributed by atoms with Crippen molar-refractivity contribution in [2.75, 3.05) is 53.1 Å². The first-order valence-electron chi connectivity index (χ1n) is 10.5. The molecule has 11 heteroatoms. The van der Waals surface area contributed by atoms with Crippen molar-refractivity contribution < 1.29 is 37.3 Å². The van der Waals surface area contributed by atoms with Crippen LogP contribution in [0.15, 0.2) is 16.8 Å². The maximum Gasteiger partial charge on any atom is 0.490 e. The van der Waals surface area contributed by atoms with E-state index in [0.717, 1.165) is 52.2 Å². The molecule has 0 bridgehead atoms. The van der Waals surface area contributed by atoms with E-state index in [-0.39, 0.29) is 17.9 Å². The maximum absolute atomic E-state index is 12.2. The number of alkyl halides is 3. The summed E-state index contributed by atoms with van der Waals surface area (Å²) in [5.74, 6) is -2.07. The van der Waals surface area contributed by atoms with Crippen LogP contribution in [0.2, 0.25) is 0 Å². The topological polar surface area (TPSA) is 79.3 Å². The molecule has 0 aliphatic carbocycles. The largest absolute Gasteiger partial charge is 0.490 e. The minimum atomic E-state index is -5.08. The number of halogens is 3. The number of carboxylic acids is 1. The van der Waals surface area contributed by atoms with E-state index in [0.29, 0.717) is 12.5 Å². The SMILES string of the molecule is CCOCC(=O)N1CCC2(CC1)CN(Cc1ccsc1)CC2COC.O=C(O)C(F)(F)F. The molecule has 1 aromatic rings. The fraction of sp³-hybridized carbons (Fsp3) is 0.714. The van der Waals surface area contributed by atoms with Crippen LogP contribution in [-0.2, 0) is 25.6 Å². The molecule has 2 saturated heterocycles. The highest BCUT2D eigenvalue weighted by Gasteiger charge is 2.48. The molecule has 7 nitrogen and oxygen atoms in total. The van der Waals surface area contributed by atoms with Crippen LogP contribution in [-0.4, -0.2) is 86.1 Å². The van der Waals surface area contributed by atoms with Crippen molar-refractivity contribution in [3.05, 3.63) is 22.4 Å². The number of carbonyl (C=O) groups is 2. The zero-order chi connectivity index (χ0) is 23.8. The second-order valence-electron chi connectivity index (χ2n) is 8.14. The molecule has 3 heterocycles. The highest BCUT2D eigenvalue weighted by atomic mass is 32.1. The molecule has 2 fully saturated rings. The number of rotatable bonds is 7. The van der Waals surface area contributed by atoms with E-state index in [2.05, 4.69) is 21.7 Å². The lowest BCUT2D eigenvalue weighted by Gasteiger charge is -2.42. The van der Waals surface area contributed by atoms with Crippen LogP contribution in [0.5, 0.6) is 0 Å². The smallest absolute Gasteiger partial charge is 0.475 e. The molecule has 1 amide bonds. The number of carbonyl (C=O) groups excluding carboxylic acids is 1. The molecule has 0 saturated carbocycles. The predicted molar refractivity (Wildman–Crippen MR) is 113 cm³/mol. The molecule has 1 aromatic heterocycles. The van der Waals surface area contributed by atoms with Crippen molar-refractivity contribution in [2.45, 2.75) is 32.5 Å². The van der Waals surface area contributed by atoms with E-state index >= 15 is 0 Å². The number of thiophene rings is 1. The highest BCUT2D eigenvalue weighted by molar-refractivity contribution is 7.07. The Kier molecular flexibility index (Phi) is 9.93. The first-order valence-corrected chi connectivity index (χ1v) is 11.4. The molecule has 0 aromatic carbocycles. The lowest BCUT2D eigenvalue weighted by Crippen LogP contribution is -2.48. The summed E-state index contributed by atoms with van der Waals surface area (Å²) in [6.07, 6.45) is -2.95. The van der Waals surface area contributed by atoms with Gasteiger partial charge in [-0.05, 0) is 47.6 Å². The zero-order valence-electron chi connectivity index (χ0n) is 18.4. The van der Waals surface area contributed by atoms with Crippen LogP contribution in [0.25, 0.3) is 0 Å². The number of aliphatic carboxylic acids is 1. The summed E-state index contributed by atoms with van der Waals surface area (Å²) in [5.41, 5.74) is 1.69. The molecular formula is C21H31F3N2O5S. The van der Waals surface area contributed by atoms with E-state index in [9.17, 15) is 18.0 Å². The quantitative estimate of drug-likeness (QED) is 0.646. The van der Waals surface area contributed by atoms with E-state index in [1.807, 2.05) is 11.8 Å². The van der Waals surface area contributed by atoms with Crippen molar-refractivity contribution in [1.29, 1.82) is 0 Å². The van der Waals surface area contributed by atoms with Crippen LogP contribution in [0.1, 0.15) is 25.3 Å². The molecule has 32 heavy (non-hydrogen) atoms. The van der Waals surface area contributed by atoms with Crippen LogP contribution < -0.4 is 0 Å². The summed E-state index contributed by atoms with van der Waals surface area (Å²) in [6.45, 7) is 8.48. The van der Waals surface area contributed by atoms with Crippen molar-refractivity contribution in [2.24, 2.45) is 11.3 Å². The zero-order valence-corrected chi connectivity index (χ0v) is 19.2. The number of amides is 1. The Morgan fingerprint density at radius 3 is 2.47 bits per heavy atom. The van der Waals surface area contributed by atoms with Gasteiger partial charge >= 0.3 is 12.1 Å². The monoisotopic (exact) mass is 480 g/mol. The fourth-order valence-corrected chi connectivity index (χ4v) is 5.04. The molecule has 3 rings (SSSR count). The van der Waals surface area contributed by atoms with Gasteiger partial charge in [-0.3, -0.25) is 9.69 Å². The van der Waals surface area contributed by atoms with Gasteiger partial charge in [0, 0.05) is 52.4 Å². The van der Waals surface area contributed by atoms with E-state index < -0.39 is 12.1 Å². The normalized spacial score (nSPS) is 20.8. The van der Waals surface area contributed by atoms with E-state index in [1.54, 1.807) is 18.4 Å². The molecule has 0 radical (unpaired) electrons. The van der Waals surface area contributed by atoms with Crippen molar-refractivity contribution in [1.82, 2.24) is 9.80 Å². The van der Waals surface area contributed by atoms with Crippen molar-refractivity contribution >= 4 is 23.2 Å². The van der Waals surface area contributed by atoms with Crippen molar-refractivity contribution in [3.63, 3.8) is 0 Å². The third kappa shape index (κ3) is 7.43. The summed E-state index contributed by atoms with van der Waals surface area (Å²) in [4.78, 5) is 25.7. The Morgan fingerprint density at radius 1 is 1.31 bits per heavy atom. The van der Waals surface area contributed by atoms with Gasteiger partial charge in [0.25, 0.3) is 0 Å². The van der Waals surface area contributed by atoms with Gasteiger partial charge in [0.2, 0.25) is 5.91 Å². The summed E-state index contributed by atoms with van der Waals surface area (Å²) < 4.78 is 42.6. The molecule has 1 spiro atoms. The van der Waals surface area contributed by atoms with Gasteiger partial charge < -0.3 is 19.5 Å². The first kappa shape index (κ1) is 26.6. The Morgan fingerprint density at radius 2 is 1.97 bits per heavy atom. The average Bonchev–Trinajstić information content (AvgIpc) is 3.35. The van der Waals surface area contributed by atoms with Crippen LogP contribution in [0.3, 0.4) is 0 Å². The Labute approximate surface area is 190 Å². The number of piperidine rings is 1. The summed E-state index contributed by atoms with van der Waals surface area (Å²) in [7, 11) is 1.80. The molecule has 1 atom stereocenters. The molecule has 1 N–H and O–H groups in total. The van der Waals surface area contributed by atoms with E-state index in [4.69, 9.17) is 19.4 Å². The van der Waals surface area contributed by atoms with Gasteiger partial charge in [-0.15, -0.1) is 0 Å². The average molecular weight is 481 g/mol. The van der Waals surface area contributed by atoms with Gasteiger partial charge in [0.15, 0.2) is 0 Å². The molecular weight excluding hydrogens is 449 g/mol. The van der Waals surface area contributed by atoms with Crippen LogP contribution in [0.4, 0.5) is 13.2 Å². The first-order chi connectivity index (χ1) is 15.1. The fourth-order valence-electron chi connectivity index (χ4n) is 4.38. The molecule has 1 unspecified atom stereocenters. The Bertz CT molecular complexity index is 722. The van der Waals surface area contributed by atoms with E-state index in [1.165, 1.54) is 5.56 Å². The van der Waals surface area contributed by atoms with Gasteiger partial charge in [-0.25, -0.2) is 4.79 Å². The van der Waals surface area contributed by atoms with Crippen LogP contribution in [0, 0.1) is 11.3 Å². The number of likely N-dealkylation sites (tertiary alicyclic amines) is 2. The van der Waals surface area contributed by atoms with Crippen molar-refractivity contribution in [3.8, 4) is 0 Å². The van der Waals surface area contributed by atoms with Gasteiger partial charge in [-0.2, -0.15) is 24.5 Å². The molecule has 2 aliphatic rings. The minimum absolute atomic E-state index is 0.133. The van der Waals surface area contributed by atoms with Gasteiger partial charge in [-0.1, -0.05) is 0 Å². The number of ether oxygens (including phenoxy) is 2. The second-order valence-corrected chi connectivity index (χ2v) is 8.92. The Balaban J connectivity index is 0.000000451. The highest BCUT2D eigenvalue weighted by Crippen LogP contribution is 2.45. The third-order valence-electron chi connectivity index (χ3n) is 6.02. The summed E-state index contributed by atoms with van der Waals surface area (Å²) in [5, 5.41) is 11.5. The molecule has 2 aliphatic heterocycles. The minimum Gasteiger partial charge on any atom is -0.475 e. The standard InChI is InChI=1S/C19H30N2O3S.C2HF3O2/c1-3-24-13-18(22)21-7-5-19(6-8-21)15-20(11-17(19)12-23-2)10-16-4-9-25-14-16;3-2(4,5)1(6)7/h4,9,14,17H,3,5-8,10-13,15H2,1-2H3;(H,6,7). The lowest BCUT2D eigenvalue weighted by atomic mass is 9.71. The maximum atomic E-state index is 12.2. The lowest BCUT2D eigenvalue weighted by molar-refractivity contribution is -0.192. The number of hydrogen-bond donors (Lipinski definition) is 1. The van der Waals surface area contributed by atoms with Crippen LogP contribution >= 0.6 is 11.3 Å². The van der Waals surface area contributed by atoms with Gasteiger partial charge in [0.05, 0.1) is 6.61 Å². The predicted octanol–water partition coefficient (Wildman–Crippen LogP) is 3.10. The molecule has 182 valence electrons. The summed E-state index contributed by atoms with van der Waals surface area (Å²) in [6, 6.07) is 2.22. The number of hydrogen-bond acceptors (Lipinski definition) is 6. The number of methoxy groups -OCH3 is 1. The third-order valence-corrected chi connectivity index (χ3v) is 6.75. The summed E-state index contributed by atoms with van der Waals surface area (Å²) >= 11 is 1.76. The number of nitrogens with zero attached hydrogens (tertiary/aromatic N) is 2.